The number of carbonyl (C=O) groups is 1. The van der Waals surface area contributed by atoms with Crippen molar-refractivity contribution in [3.63, 3.8) is 0 Å². The number of hydrogen-bond acceptors (Lipinski definition) is 5. The highest BCUT2D eigenvalue weighted by molar-refractivity contribution is 7.92. The van der Waals surface area contributed by atoms with Gasteiger partial charge in [-0.05, 0) is 73.7 Å². The Hall–Kier alpha value is -2.06. The van der Waals surface area contributed by atoms with E-state index < -0.39 is 21.4 Å². The quantitative estimate of drug-likeness (QED) is 0.527. The first-order valence-corrected chi connectivity index (χ1v) is 12.8. The molecule has 0 atom stereocenters. The largest absolute Gasteiger partial charge is 0.304 e. The molecule has 1 aromatic carbocycles. The maximum absolute atomic E-state index is 14.2. The van der Waals surface area contributed by atoms with Gasteiger partial charge < -0.3 is 4.90 Å². The van der Waals surface area contributed by atoms with E-state index in [1.165, 1.54) is 12.1 Å². The summed E-state index contributed by atoms with van der Waals surface area (Å²) in [5.74, 6) is -1.31. The van der Waals surface area contributed by atoms with E-state index in [2.05, 4.69) is 5.10 Å². The average molecular weight is 464 g/mol. The van der Waals surface area contributed by atoms with Crippen LogP contribution in [0.4, 0.5) is 4.39 Å². The van der Waals surface area contributed by atoms with Crippen molar-refractivity contribution in [1.82, 2.24) is 14.7 Å². The van der Waals surface area contributed by atoms with Crippen LogP contribution in [0.2, 0.25) is 0 Å². The minimum absolute atomic E-state index is 0.0189. The zero-order valence-corrected chi connectivity index (χ0v) is 20.7. The van der Waals surface area contributed by atoms with E-state index in [1.54, 1.807) is 10.7 Å². The molecular weight excluding hydrogens is 429 g/mol. The lowest BCUT2D eigenvalue weighted by atomic mass is 9.86. The summed E-state index contributed by atoms with van der Waals surface area (Å²) in [6.07, 6.45) is 1.94. The molecule has 0 unspecified atom stereocenters. The molecule has 1 aromatic heterocycles. The molecule has 32 heavy (non-hydrogen) atoms. The van der Waals surface area contributed by atoms with Crippen LogP contribution in [-0.4, -0.2) is 48.7 Å². The van der Waals surface area contributed by atoms with Crippen molar-refractivity contribution in [1.29, 1.82) is 0 Å². The Morgan fingerprint density at radius 2 is 1.69 bits per heavy atom. The number of rotatable bonds is 10. The second-order valence-electron chi connectivity index (χ2n) is 9.73. The summed E-state index contributed by atoms with van der Waals surface area (Å²) in [6, 6.07) is 4.75. The highest BCUT2D eigenvalue weighted by atomic mass is 32.2. The molecule has 0 bridgehead atoms. The van der Waals surface area contributed by atoms with Crippen LogP contribution in [0.25, 0.3) is 0 Å². The van der Waals surface area contributed by atoms with Crippen molar-refractivity contribution in [3.8, 4) is 0 Å². The van der Waals surface area contributed by atoms with E-state index in [4.69, 9.17) is 0 Å². The molecule has 0 amide bonds. The number of ketones is 1. The maximum Gasteiger partial charge on any atom is 0.204 e. The fraction of sp³-hybridized carbons (Fsp3) is 0.583. The summed E-state index contributed by atoms with van der Waals surface area (Å²) in [6.45, 7) is 8.36. The molecule has 0 spiro atoms. The van der Waals surface area contributed by atoms with Crippen LogP contribution in [0.15, 0.2) is 23.2 Å². The summed E-state index contributed by atoms with van der Waals surface area (Å²) in [5, 5.41) is 4.32. The fourth-order valence-electron chi connectivity index (χ4n) is 4.09. The minimum Gasteiger partial charge on any atom is -0.304 e. The molecule has 1 saturated carbocycles. The number of nitrogens with zero attached hydrogens (tertiary/aromatic N) is 3. The number of benzene rings is 1. The smallest absolute Gasteiger partial charge is 0.204 e. The van der Waals surface area contributed by atoms with E-state index >= 15 is 0 Å². The summed E-state index contributed by atoms with van der Waals surface area (Å²) >= 11 is 0. The number of sulfone groups is 1. The van der Waals surface area contributed by atoms with E-state index in [9.17, 15) is 17.6 Å². The monoisotopic (exact) mass is 463 g/mol. The van der Waals surface area contributed by atoms with Gasteiger partial charge >= 0.3 is 0 Å². The topological polar surface area (TPSA) is 72.3 Å². The fourth-order valence-corrected chi connectivity index (χ4v) is 5.29. The first-order chi connectivity index (χ1) is 14.9. The molecule has 1 heterocycles. The van der Waals surface area contributed by atoms with Gasteiger partial charge in [-0.2, -0.15) is 5.10 Å². The van der Waals surface area contributed by atoms with Crippen LogP contribution in [-0.2, 0) is 27.6 Å². The van der Waals surface area contributed by atoms with Gasteiger partial charge in [0, 0.05) is 13.0 Å². The van der Waals surface area contributed by atoms with E-state index in [0.29, 0.717) is 6.54 Å². The normalized spacial score (nSPS) is 14.7. The third kappa shape index (κ3) is 5.64. The standard InChI is InChI=1S/C24H34FN3O3S/c1-15(2)21-9-17(25)10-22(16(3)4)23(21)12-20(29)14-32(30,31)24-11-19(13-27(5)6)28(26-24)18-7-8-18/h9-11,15-16,18H,7-8,12-14H2,1-6H3. The van der Waals surface area contributed by atoms with Crippen molar-refractivity contribution in [2.75, 3.05) is 19.8 Å². The number of Topliss-reactive ketones (excluding diaryl/α,β-unsaturated/α-hetero) is 1. The Kier molecular flexibility index (Phi) is 7.25. The van der Waals surface area contributed by atoms with Crippen molar-refractivity contribution < 1.29 is 17.6 Å². The van der Waals surface area contributed by atoms with Crippen molar-refractivity contribution in [3.05, 3.63) is 46.4 Å². The van der Waals surface area contributed by atoms with Crippen LogP contribution in [0, 0.1) is 5.82 Å². The van der Waals surface area contributed by atoms with E-state index in [1.807, 2.05) is 46.7 Å². The summed E-state index contributed by atoms with van der Waals surface area (Å²) in [5.41, 5.74) is 3.09. The molecule has 3 rings (SSSR count). The number of carbonyl (C=O) groups excluding carboxylic acids is 1. The highest BCUT2D eigenvalue weighted by Gasteiger charge is 2.31. The third-order valence-corrected chi connectivity index (χ3v) is 7.27. The number of halogens is 1. The SMILES string of the molecule is CC(C)c1cc(F)cc(C(C)C)c1CC(=O)CS(=O)(=O)c1cc(CN(C)C)n(C2CC2)n1. The van der Waals surface area contributed by atoms with Crippen LogP contribution in [0.5, 0.6) is 0 Å². The molecule has 6 nitrogen and oxygen atoms in total. The van der Waals surface area contributed by atoms with Crippen LogP contribution >= 0.6 is 0 Å². The van der Waals surface area contributed by atoms with E-state index in [-0.39, 0.29) is 35.1 Å². The highest BCUT2D eigenvalue weighted by Crippen LogP contribution is 2.36. The Bertz CT molecular complexity index is 1070. The van der Waals surface area contributed by atoms with E-state index in [0.717, 1.165) is 35.2 Å². The lowest BCUT2D eigenvalue weighted by Crippen LogP contribution is -2.20. The Labute approximate surface area is 190 Å². The molecule has 176 valence electrons. The van der Waals surface area contributed by atoms with Crippen molar-refractivity contribution in [2.45, 2.75) is 76.4 Å². The van der Waals surface area contributed by atoms with Gasteiger partial charge in [0.15, 0.2) is 10.8 Å². The van der Waals surface area contributed by atoms with Crippen LogP contribution < -0.4 is 0 Å². The van der Waals surface area contributed by atoms with Gasteiger partial charge in [0.1, 0.15) is 11.6 Å². The molecule has 0 saturated heterocycles. The van der Waals surface area contributed by atoms with Crippen molar-refractivity contribution in [2.24, 2.45) is 0 Å². The molecular formula is C24H34FN3O3S. The second-order valence-corrected chi connectivity index (χ2v) is 11.7. The maximum atomic E-state index is 14.2. The van der Waals surface area contributed by atoms with Crippen LogP contribution in [0.3, 0.4) is 0 Å². The predicted molar refractivity (Wildman–Crippen MR) is 123 cm³/mol. The molecule has 1 aliphatic rings. The Balaban J connectivity index is 1.87. The molecule has 8 heteroatoms. The molecule has 0 radical (unpaired) electrons. The van der Waals surface area contributed by atoms with Gasteiger partial charge in [0.25, 0.3) is 0 Å². The molecule has 1 aliphatic carbocycles. The van der Waals surface area contributed by atoms with Gasteiger partial charge in [-0.3, -0.25) is 9.48 Å². The first-order valence-electron chi connectivity index (χ1n) is 11.2. The Morgan fingerprint density at radius 3 is 2.16 bits per heavy atom. The van der Waals surface area contributed by atoms with Gasteiger partial charge in [0.2, 0.25) is 9.84 Å². The van der Waals surface area contributed by atoms with Gasteiger partial charge in [-0.25, -0.2) is 12.8 Å². The third-order valence-electron chi connectivity index (χ3n) is 5.73. The van der Waals surface area contributed by atoms with Crippen molar-refractivity contribution >= 4 is 15.6 Å². The molecule has 0 N–H and O–H groups in total. The Morgan fingerprint density at radius 1 is 1.12 bits per heavy atom. The lowest BCUT2D eigenvalue weighted by Gasteiger charge is -2.19. The number of hydrogen-bond donors (Lipinski definition) is 0. The molecule has 1 fully saturated rings. The summed E-state index contributed by atoms with van der Waals surface area (Å²) < 4.78 is 42.1. The minimum atomic E-state index is -3.87. The van der Waals surface area contributed by atoms with Crippen LogP contribution in [0.1, 0.15) is 80.8 Å². The van der Waals surface area contributed by atoms with Gasteiger partial charge in [-0.15, -0.1) is 0 Å². The number of aromatic nitrogens is 2. The zero-order chi connectivity index (χ0) is 23.8. The first kappa shape index (κ1) is 24.6. The zero-order valence-electron chi connectivity index (χ0n) is 19.9. The molecule has 2 aromatic rings. The second kappa shape index (κ2) is 9.43. The average Bonchev–Trinajstić information content (AvgIpc) is 3.41. The summed E-state index contributed by atoms with van der Waals surface area (Å²) in [7, 11) is -0.0315. The van der Waals surface area contributed by atoms with Gasteiger partial charge in [0.05, 0.1) is 11.7 Å². The van der Waals surface area contributed by atoms with Gasteiger partial charge in [-0.1, -0.05) is 27.7 Å². The molecule has 0 aliphatic heterocycles. The summed E-state index contributed by atoms with van der Waals surface area (Å²) in [4.78, 5) is 14.9. The lowest BCUT2D eigenvalue weighted by molar-refractivity contribution is -0.116. The predicted octanol–water partition coefficient (Wildman–Crippen LogP) is 4.25.